The molecule has 0 radical (unpaired) electrons. The third kappa shape index (κ3) is 7.91. The van der Waals surface area contributed by atoms with Crippen molar-refractivity contribution in [3.8, 4) is 66.2 Å². The normalized spacial score (nSPS) is 11.2. The first-order chi connectivity index (χ1) is 31.8. The van der Waals surface area contributed by atoms with Crippen molar-refractivity contribution in [3.05, 3.63) is 138 Å². The first-order valence-corrected chi connectivity index (χ1v) is 22.8. The zero-order valence-electron chi connectivity index (χ0n) is 36.5. The smallest absolute Gasteiger partial charge is 0.181 e. The second-order valence-electron chi connectivity index (χ2n) is 15.4. The lowest BCUT2D eigenvalue weighted by atomic mass is 10.1. The Morgan fingerprint density at radius 1 is 0.523 bits per heavy atom. The van der Waals surface area contributed by atoms with Gasteiger partial charge in [0.25, 0.3) is 0 Å². The molecule has 10 aromatic heterocycles. The van der Waals surface area contributed by atoms with E-state index < -0.39 is 0 Å². The van der Waals surface area contributed by atoms with E-state index in [1.165, 1.54) is 19.5 Å². The SMILES string of the molecule is CC.Cc1ccc(-c2cccc3[nH]c(-c4[nH]nc5ncc(-c6cccnc6)cc45)nc23)s1.Cc1ccc(-c2cccc3[nH]c(-c4[nH]nc5ncc(-c6cncc(N(C)C)c6)cc45)nc23)s1. The van der Waals surface area contributed by atoms with Crippen LogP contribution in [0.25, 0.3) is 110 Å². The van der Waals surface area contributed by atoms with Gasteiger partial charge in [0.05, 0.1) is 44.7 Å². The fraction of sp³-hybridized carbons (Fsp3) is 0.120. The van der Waals surface area contributed by atoms with Crippen molar-refractivity contribution in [1.29, 1.82) is 0 Å². The fourth-order valence-corrected chi connectivity index (χ4v) is 9.48. The minimum atomic E-state index is 0.653. The van der Waals surface area contributed by atoms with Crippen LogP contribution < -0.4 is 4.90 Å². The van der Waals surface area contributed by atoms with E-state index >= 15 is 0 Å². The number of hydrogen-bond acceptors (Lipinski definition) is 11. The number of pyridine rings is 4. The van der Waals surface area contributed by atoms with Crippen LogP contribution in [0.3, 0.4) is 0 Å². The molecular formula is C50H43N13S2. The number of para-hydroxylation sites is 2. The van der Waals surface area contributed by atoms with Crippen LogP contribution in [-0.4, -0.2) is 74.4 Å². The molecule has 0 saturated carbocycles. The number of H-pyrrole nitrogens is 4. The Morgan fingerprint density at radius 2 is 1.05 bits per heavy atom. The van der Waals surface area contributed by atoms with E-state index in [1.807, 2.05) is 82.0 Å². The topological polar surface area (TPSA) is 170 Å². The van der Waals surface area contributed by atoms with Crippen LogP contribution >= 0.6 is 22.7 Å². The third-order valence-corrected chi connectivity index (χ3v) is 13.0. The lowest BCUT2D eigenvalue weighted by molar-refractivity contribution is 1.09. The Morgan fingerprint density at radius 3 is 1.54 bits per heavy atom. The van der Waals surface area contributed by atoms with Gasteiger partial charge in [0.2, 0.25) is 0 Å². The first kappa shape index (κ1) is 41.1. The van der Waals surface area contributed by atoms with E-state index in [0.717, 1.165) is 94.9 Å². The molecule has 0 aliphatic rings. The second kappa shape index (κ2) is 17.4. The number of fused-ring (bicyclic) bond motifs is 4. The first-order valence-electron chi connectivity index (χ1n) is 21.2. The number of benzene rings is 2. The Bertz CT molecular complexity index is 3610. The highest BCUT2D eigenvalue weighted by Gasteiger charge is 2.19. The maximum absolute atomic E-state index is 4.96. The molecule has 65 heavy (non-hydrogen) atoms. The zero-order chi connectivity index (χ0) is 44.6. The summed E-state index contributed by atoms with van der Waals surface area (Å²) in [4.78, 5) is 41.5. The van der Waals surface area contributed by atoms with Crippen molar-refractivity contribution < 1.29 is 0 Å². The summed E-state index contributed by atoms with van der Waals surface area (Å²) in [5.41, 5.74) is 14.1. The average Bonchev–Trinajstić information content (AvgIpc) is 4.22. The summed E-state index contributed by atoms with van der Waals surface area (Å²) in [5.74, 6) is 1.49. The van der Waals surface area contributed by atoms with E-state index in [4.69, 9.17) is 9.97 Å². The molecule has 0 bridgehead atoms. The van der Waals surface area contributed by atoms with Gasteiger partial charge in [0, 0.05) is 98.0 Å². The maximum Gasteiger partial charge on any atom is 0.181 e. The Labute approximate surface area is 381 Å². The number of hydrogen-bond donors (Lipinski definition) is 4. The largest absolute Gasteiger partial charge is 0.376 e. The maximum atomic E-state index is 4.96. The fourth-order valence-electron chi connectivity index (χ4n) is 7.70. The van der Waals surface area contributed by atoms with Gasteiger partial charge in [-0.3, -0.25) is 20.2 Å². The molecule has 15 heteroatoms. The molecule has 10 heterocycles. The molecule has 12 rings (SSSR count). The zero-order valence-corrected chi connectivity index (χ0v) is 38.1. The van der Waals surface area contributed by atoms with Gasteiger partial charge in [0.15, 0.2) is 22.9 Å². The minimum absolute atomic E-state index is 0.653. The van der Waals surface area contributed by atoms with Gasteiger partial charge < -0.3 is 14.9 Å². The van der Waals surface area contributed by atoms with Crippen molar-refractivity contribution in [3.63, 3.8) is 0 Å². The summed E-state index contributed by atoms with van der Waals surface area (Å²) >= 11 is 3.55. The van der Waals surface area contributed by atoms with Crippen LogP contribution in [0.15, 0.2) is 128 Å². The lowest BCUT2D eigenvalue weighted by Gasteiger charge is -2.12. The number of aromatic nitrogens is 12. The second-order valence-corrected chi connectivity index (χ2v) is 17.9. The van der Waals surface area contributed by atoms with Gasteiger partial charge in [-0.25, -0.2) is 19.9 Å². The quantitative estimate of drug-likeness (QED) is 0.122. The molecule has 0 aliphatic carbocycles. The van der Waals surface area contributed by atoms with Crippen LogP contribution in [0.1, 0.15) is 23.6 Å². The Hall–Kier alpha value is -7.88. The summed E-state index contributed by atoms with van der Waals surface area (Å²) in [6.07, 6.45) is 10.9. The highest BCUT2D eigenvalue weighted by molar-refractivity contribution is 7.15. The van der Waals surface area contributed by atoms with E-state index in [0.29, 0.717) is 11.3 Å². The molecule has 4 N–H and O–H groups in total. The summed E-state index contributed by atoms with van der Waals surface area (Å²) in [7, 11) is 4.01. The molecule has 0 fully saturated rings. The number of nitrogens with one attached hydrogen (secondary N) is 4. The molecule has 12 aromatic rings. The lowest BCUT2D eigenvalue weighted by Crippen LogP contribution is -2.08. The highest BCUT2D eigenvalue weighted by Crippen LogP contribution is 2.37. The van der Waals surface area contributed by atoms with Crippen molar-refractivity contribution in [2.45, 2.75) is 27.7 Å². The standard InChI is InChI=1S/C25H21N7S.C23H16N6S.C2H6/c1-14-7-8-21(33-14)18-5-4-6-20-22(18)29-25(28-20)23-19-10-16(12-27-24(19)31-30-23)15-9-17(32(2)3)13-26-11-15;1-13-7-8-19(30-13)16-5-2-6-18-20(16)27-23(26-18)21-17-10-15(12-25-22(17)29-28-21)14-4-3-9-24-11-14;1-2/h4-13H,1-3H3,(H,28,29)(H,27,30,31);2-12H,1H3,(H,26,27)(H,25,28,29);1-2H3. The van der Waals surface area contributed by atoms with E-state index in [-0.39, 0.29) is 0 Å². The minimum Gasteiger partial charge on any atom is -0.376 e. The number of thiophene rings is 2. The third-order valence-electron chi connectivity index (χ3n) is 10.9. The summed E-state index contributed by atoms with van der Waals surface area (Å²) < 4.78 is 0. The molecule has 0 saturated heterocycles. The number of imidazole rings is 2. The molecular weight excluding hydrogens is 847 g/mol. The summed E-state index contributed by atoms with van der Waals surface area (Å²) in [6.45, 7) is 8.24. The Kier molecular flexibility index (Phi) is 11.0. The molecule has 0 aliphatic heterocycles. The van der Waals surface area contributed by atoms with Crippen LogP contribution in [0.2, 0.25) is 0 Å². The molecule has 13 nitrogen and oxygen atoms in total. The van der Waals surface area contributed by atoms with Gasteiger partial charge >= 0.3 is 0 Å². The molecule has 0 atom stereocenters. The molecule has 0 amide bonds. The molecule has 320 valence electrons. The highest BCUT2D eigenvalue weighted by atomic mass is 32.1. The Balaban J connectivity index is 0.000000148. The van der Waals surface area contributed by atoms with E-state index in [1.54, 1.807) is 28.9 Å². The summed E-state index contributed by atoms with van der Waals surface area (Å²) in [6, 6.07) is 31.3. The van der Waals surface area contributed by atoms with Crippen molar-refractivity contribution in [2.75, 3.05) is 19.0 Å². The molecule has 0 spiro atoms. The predicted octanol–water partition coefficient (Wildman–Crippen LogP) is 12.3. The average molecular weight is 890 g/mol. The summed E-state index contributed by atoms with van der Waals surface area (Å²) in [5, 5.41) is 16.9. The van der Waals surface area contributed by atoms with Gasteiger partial charge in [0.1, 0.15) is 11.4 Å². The van der Waals surface area contributed by atoms with E-state index in [2.05, 4.69) is 137 Å². The van der Waals surface area contributed by atoms with Crippen LogP contribution in [0.5, 0.6) is 0 Å². The monoisotopic (exact) mass is 889 g/mol. The number of aryl methyl sites for hydroxylation is 2. The van der Waals surface area contributed by atoms with Gasteiger partial charge in [-0.1, -0.05) is 44.2 Å². The molecule has 2 aromatic carbocycles. The number of nitrogens with zero attached hydrogens (tertiary/aromatic N) is 9. The van der Waals surface area contributed by atoms with Crippen LogP contribution in [0.4, 0.5) is 5.69 Å². The molecule has 0 unspecified atom stereocenters. The van der Waals surface area contributed by atoms with Crippen LogP contribution in [0, 0.1) is 13.8 Å². The number of anilines is 1. The number of aromatic amines is 4. The predicted molar refractivity (Wildman–Crippen MR) is 266 cm³/mol. The van der Waals surface area contributed by atoms with Crippen LogP contribution in [-0.2, 0) is 0 Å². The van der Waals surface area contributed by atoms with Gasteiger partial charge in [-0.05, 0) is 74.5 Å². The van der Waals surface area contributed by atoms with Gasteiger partial charge in [-0.2, -0.15) is 10.2 Å². The van der Waals surface area contributed by atoms with Crippen molar-refractivity contribution in [2.24, 2.45) is 0 Å². The van der Waals surface area contributed by atoms with Gasteiger partial charge in [-0.15, -0.1) is 22.7 Å². The van der Waals surface area contributed by atoms with E-state index in [9.17, 15) is 0 Å². The van der Waals surface area contributed by atoms with Crippen molar-refractivity contribution in [1.82, 2.24) is 60.3 Å². The number of rotatable bonds is 7. The van der Waals surface area contributed by atoms with Crippen molar-refractivity contribution >= 4 is 72.5 Å².